The summed E-state index contributed by atoms with van der Waals surface area (Å²) in [7, 11) is 0. The standard InChI is InChI=1S/C28H38N8O2S/c1-20(2)38-24-9-4-3-8-22(24)11-15-35-14-6-7-21(18-35)17-26(37)31-28-34-33-27(39-28)30-23-12-16-36(19-23)25-10-5-13-29-32-25/h3-5,8-10,13,20-21,23H,6-7,11-12,14-19H2,1-2H3,(H,30,33)(H,31,34,37)/t21-,23+/m0/s1. The first-order valence-electron chi connectivity index (χ1n) is 13.9. The summed E-state index contributed by atoms with van der Waals surface area (Å²) >= 11 is 1.38. The molecule has 0 aliphatic carbocycles. The number of carbonyl (C=O) groups is 1. The van der Waals surface area contributed by atoms with Crippen molar-refractivity contribution >= 4 is 33.3 Å². The van der Waals surface area contributed by atoms with Gasteiger partial charge in [-0.2, -0.15) is 5.10 Å². The van der Waals surface area contributed by atoms with Gasteiger partial charge in [0.2, 0.25) is 16.2 Å². The summed E-state index contributed by atoms with van der Waals surface area (Å²) in [6.07, 6.45) is 6.45. The minimum absolute atomic E-state index is 0.00919. The number of ether oxygens (including phenoxy) is 1. The molecule has 3 aromatic rings. The van der Waals surface area contributed by atoms with Gasteiger partial charge in [-0.3, -0.25) is 4.79 Å². The predicted octanol–water partition coefficient (Wildman–Crippen LogP) is 4.09. The summed E-state index contributed by atoms with van der Waals surface area (Å²) in [5.74, 6) is 2.22. The molecule has 11 heteroatoms. The third-order valence-electron chi connectivity index (χ3n) is 7.18. The van der Waals surface area contributed by atoms with Crippen molar-refractivity contribution in [2.45, 2.75) is 58.1 Å². The van der Waals surface area contributed by atoms with Crippen molar-refractivity contribution in [2.24, 2.45) is 5.92 Å². The maximum Gasteiger partial charge on any atom is 0.226 e. The molecule has 0 spiro atoms. The monoisotopic (exact) mass is 550 g/mol. The smallest absolute Gasteiger partial charge is 0.226 e. The number of nitrogens with zero attached hydrogens (tertiary/aromatic N) is 6. The van der Waals surface area contributed by atoms with Crippen molar-refractivity contribution in [3.05, 3.63) is 48.2 Å². The lowest BCUT2D eigenvalue weighted by Crippen LogP contribution is -2.38. The number of amides is 1. The minimum atomic E-state index is 0.00919. The number of rotatable bonds is 11. The van der Waals surface area contributed by atoms with Crippen LogP contribution in [0.4, 0.5) is 16.1 Å². The molecular formula is C28H38N8O2S. The molecule has 2 N–H and O–H groups in total. The molecule has 0 radical (unpaired) electrons. The number of piperidine rings is 1. The summed E-state index contributed by atoms with van der Waals surface area (Å²) in [5.41, 5.74) is 1.24. The highest BCUT2D eigenvalue weighted by molar-refractivity contribution is 7.19. The molecule has 1 aromatic carbocycles. The van der Waals surface area contributed by atoms with Crippen molar-refractivity contribution in [1.29, 1.82) is 0 Å². The van der Waals surface area contributed by atoms with E-state index in [2.05, 4.69) is 72.9 Å². The largest absolute Gasteiger partial charge is 0.491 e. The van der Waals surface area contributed by atoms with Gasteiger partial charge in [0.15, 0.2) is 5.82 Å². The Morgan fingerprint density at radius 3 is 2.79 bits per heavy atom. The Morgan fingerprint density at radius 1 is 1.08 bits per heavy atom. The Balaban J connectivity index is 1.05. The van der Waals surface area contributed by atoms with Gasteiger partial charge in [-0.05, 0) is 75.8 Å². The van der Waals surface area contributed by atoms with Crippen LogP contribution in [0.25, 0.3) is 0 Å². The fourth-order valence-corrected chi connectivity index (χ4v) is 6.10. The molecule has 2 atom stereocenters. The van der Waals surface area contributed by atoms with Gasteiger partial charge in [-0.15, -0.1) is 15.3 Å². The zero-order chi connectivity index (χ0) is 27.0. The van der Waals surface area contributed by atoms with Crippen LogP contribution in [0, 0.1) is 5.92 Å². The molecule has 208 valence electrons. The molecule has 2 aromatic heterocycles. The van der Waals surface area contributed by atoms with E-state index in [4.69, 9.17) is 4.74 Å². The summed E-state index contributed by atoms with van der Waals surface area (Å²) in [5, 5.41) is 24.3. The summed E-state index contributed by atoms with van der Waals surface area (Å²) in [4.78, 5) is 17.5. The number of aromatic nitrogens is 4. The van der Waals surface area contributed by atoms with E-state index in [0.717, 1.165) is 75.1 Å². The Morgan fingerprint density at radius 2 is 1.95 bits per heavy atom. The van der Waals surface area contributed by atoms with E-state index < -0.39 is 0 Å². The number of likely N-dealkylation sites (tertiary alicyclic amines) is 1. The van der Waals surface area contributed by atoms with Crippen LogP contribution < -0.4 is 20.3 Å². The number of para-hydroxylation sites is 1. The highest BCUT2D eigenvalue weighted by Gasteiger charge is 2.25. The second-order valence-electron chi connectivity index (χ2n) is 10.7. The number of nitrogens with one attached hydrogen (secondary N) is 2. The highest BCUT2D eigenvalue weighted by Crippen LogP contribution is 2.26. The lowest BCUT2D eigenvalue weighted by Gasteiger charge is -2.32. The average Bonchev–Trinajstić information content (AvgIpc) is 3.58. The van der Waals surface area contributed by atoms with E-state index >= 15 is 0 Å². The van der Waals surface area contributed by atoms with Gasteiger partial charge in [0.1, 0.15) is 5.75 Å². The van der Waals surface area contributed by atoms with Gasteiger partial charge in [0.05, 0.1) is 6.10 Å². The minimum Gasteiger partial charge on any atom is -0.491 e. The number of anilines is 3. The Kier molecular flexibility index (Phi) is 9.20. The first-order chi connectivity index (χ1) is 19.0. The van der Waals surface area contributed by atoms with Crippen LogP contribution in [-0.4, -0.2) is 76.1 Å². The lowest BCUT2D eigenvalue weighted by atomic mass is 9.94. The highest BCUT2D eigenvalue weighted by atomic mass is 32.1. The van der Waals surface area contributed by atoms with Gasteiger partial charge in [-0.25, -0.2) is 0 Å². The molecule has 0 unspecified atom stereocenters. The Labute approximate surface area is 234 Å². The van der Waals surface area contributed by atoms with E-state index in [0.29, 0.717) is 17.5 Å². The topological polar surface area (TPSA) is 108 Å². The van der Waals surface area contributed by atoms with E-state index in [1.54, 1.807) is 6.20 Å². The van der Waals surface area contributed by atoms with Crippen molar-refractivity contribution in [3.8, 4) is 5.75 Å². The second kappa shape index (κ2) is 13.2. The summed E-state index contributed by atoms with van der Waals surface area (Å²) in [6.45, 7) is 8.84. The van der Waals surface area contributed by atoms with E-state index in [1.807, 2.05) is 18.2 Å². The molecule has 39 heavy (non-hydrogen) atoms. The van der Waals surface area contributed by atoms with Crippen LogP contribution >= 0.6 is 11.3 Å². The molecular weight excluding hydrogens is 512 g/mol. The van der Waals surface area contributed by atoms with Gasteiger partial charge in [-0.1, -0.05) is 29.5 Å². The van der Waals surface area contributed by atoms with Gasteiger partial charge in [0.25, 0.3) is 0 Å². The SMILES string of the molecule is CC(C)Oc1ccccc1CCN1CCC[C@@H](CC(=O)Nc2nnc(N[C@@H]3CCN(c4cccnn4)C3)s2)C1. The lowest BCUT2D eigenvalue weighted by molar-refractivity contribution is -0.117. The fourth-order valence-electron chi connectivity index (χ4n) is 5.37. The molecule has 5 rings (SSSR count). The average molecular weight is 551 g/mol. The Bertz CT molecular complexity index is 1210. The molecule has 1 amide bonds. The Hall–Kier alpha value is -3.31. The maximum atomic E-state index is 12.8. The fraction of sp³-hybridized carbons (Fsp3) is 0.536. The van der Waals surface area contributed by atoms with E-state index in [1.165, 1.54) is 16.9 Å². The quantitative estimate of drug-likeness (QED) is 0.365. The third kappa shape index (κ3) is 7.86. The zero-order valence-electron chi connectivity index (χ0n) is 22.8. The van der Waals surface area contributed by atoms with Crippen LogP contribution in [0.2, 0.25) is 0 Å². The second-order valence-corrected chi connectivity index (χ2v) is 11.6. The normalized spacial score (nSPS) is 19.8. The first-order valence-corrected chi connectivity index (χ1v) is 14.7. The molecule has 4 heterocycles. The van der Waals surface area contributed by atoms with Gasteiger partial charge in [0, 0.05) is 44.8 Å². The molecule has 2 aliphatic rings. The van der Waals surface area contributed by atoms with E-state index in [9.17, 15) is 4.79 Å². The molecule has 2 saturated heterocycles. The molecule has 0 saturated carbocycles. The summed E-state index contributed by atoms with van der Waals surface area (Å²) in [6, 6.07) is 12.4. The van der Waals surface area contributed by atoms with Crippen molar-refractivity contribution in [2.75, 3.05) is 48.3 Å². The molecule has 0 bridgehead atoms. The van der Waals surface area contributed by atoms with Crippen LogP contribution in [0.1, 0.15) is 45.1 Å². The van der Waals surface area contributed by atoms with Crippen LogP contribution in [-0.2, 0) is 11.2 Å². The predicted molar refractivity (Wildman–Crippen MR) is 155 cm³/mol. The van der Waals surface area contributed by atoms with Gasteiger partial charge >= 0.3 is 0 Å². The number of carbonyl (C=O) groups excluding carboxylic acids is 1. The van der Waals surface area contributed by atoms with E-state index in [-0.39, 0.29) is 18.1 Å². The number of hydrogen-bond acceptors (Lipinski definition) is 10. The third-order valence-corrected chi connectivity index (χ3v) is 7.95. The van der Waals surface area contributed by atoms with Crippen LogP contribution in [0.15, 0.2) is 42.6 Å². The zero-order valence-corrected chi connectivity index (χ0v) is 23.6. The van der Waals surface area contributed by atoms with Crippen LogP contribution in [0.5, 0.6) is 5.75 Å². The first kappa shape index (κ1) is 27.3. The molecule has 2 aliphatic heterocycles. The van der Waals surface area contributed by atoms with Crippen LogP contribution in [0.3, 0.4) is 0 Å². The number of benzene rings is 1. The number of hydrogen-bond donors (Lipinski definition) is 2. The summed E-state index contributed by atoms with van der Waals surface area (Å²) < 4.78 is 5.98. The van der Waals surface area contributed by atoms with Gasteiger partial charge < -0.3 is 25.2 Å². The van der Waals surface area contributed by atoms with Crippen molar-refractivity contribution in [1.82, 2.24) is 25.3 Å². The molecule has 10 nitrogen and oxygen atoms in total. The molecule has 2 fully saturated rings. The van der Waals surface area contributed by atoms with Crippen molar-refractivity contribution in [3.63, 3.8) is 0 Å². The maximum absolute atomic E-state index is 12.8. The van der Waals surface area contributed by atoms with Crippen molar-refractivity contribution < 1.29 is 9.53 Å².